The Bertz CT molecular complexity index is 453. The van der Waals surface area contributed by atoms with Gasteiger partial charge in [0.25, 0.3) is 5.91 Å². The zero-order chi connectivity index (χ0) is 13.8. The quantitative estimate of drug-likeness (QED) is 0.903. The first-order chi connectivity index (χ1) is 9.06. The fraction of sp³-hybridized carbons (Fsp3) is 0.500. The highest BCUT2D eigenvalue weighted by Crippen LogP contribution is 2.16. The molecule has 1 aliphatic rings. The Hall–Kier alpha value is -1.62. The number of ether oxygens (including phenoxy) is 1. The molecule has 0 bridgehead atoms. The molecule has 2 unspecified atom stereocenters. The van der Waals surface area contributed by atoms with Crippen molar-refractivity contribution in [1.29, 1.82) is 0 Å². The van der Waals surface area contributed by atoms with E-state index in [2.05, 4.69) is 0 Å². The molecule has 0 saturated carbocycles. The second-order valence-electron chi connectivity index (χ2n) is 4.90. The molecule has 4 nitrogen and oxygen atoms in total. The van der Waals surface area contributed by atoms with E-state index in [1.165, 1.54) is 12.1 Å². The fourth-order valence-electron chi connectivity index (χ4n) is 2.26. The maximum absolute atomic E-state index is 13.0. The molecule has 2 N–H and O–H groups in total. The summed E-state index contributed by atoms with van der Waals surface area (Å²) in [6, 6.07) is 5.83. The Labute approximate surface area is 112 Å². The van der Waals surface area contributed by atoms with Gasteiger partial charge in [-0.3, -0.25) is 4.79 Å². The van der Waals surface area contributed by atoms with Crippen LogP contribution in [0.15, 0.2) is 24.3 Å². The SMILES string of the molecule is CC(Oc1cccc(F)c1)C(=O)N1CCCC(N)C1. The van der Waals surface area contributed by atoms with E-state index in [-0.39, 0.29) is 17.8 Å². The fourth-order valence-corrected chi connectivity index (χ4v) is 2.26. The van der Waals surface area contributed by atoms with Gasteiger partial charge in [-0.2, -0.15) is 0 Å². The first kappa shape index (κ1) is 13.8. The highest BCUT2D eigenvalue weighted by molar-refractivity contribution is 5.81. The number of carbonyl (C=O) groups is 1. The monoisotopic (exact) mass is 266 g/mol. The molecule has 19 heavy (non-hydrogen) atoms. The summed E-state index contributed by atoms with van der Waals surface area (Å²) in [4.78, 5) is 13.9. The van der Waals surface area contributed by atoms with Crippen LogP contribution < -0.4 is 10.5 Å². The van der Waals surface area contributed by atoms with Gasteiger partial charge in [0.1, 0.15) is 11.6 Å². The van der Waals surface area contributed by atoms with Gasteiger partial charge in [0.15, 0.2) is 6.10 Å². The van der Waals surface area contributed by atoms with Crippen LogP contribution in [0.2, 0.25) is 0 Å². The van der Waals surface area contributed by atoms with E-state index >= 15 is 0 Å². The second-order valence-corrected chi connectivity index (χ2v) is 4.90. The molecule has 0 radical (unpaired) electrons. The number of carbonyl (C=O) groups excluding carboxylic acids is 1. The van der Waals surface area contributed by atoms with Crippen LogP contribution in [0.25, 0.3) is 0 Å². The third kappa shape index (κ3) is 3.67. The number of nitrogens with zero attached hydrogens (tertiary/aromatic N) is 1. The van der Waals surface area contributed by atoms with Crippen molar-refractivity contribution >= 4 is 5.91 Å². The van der Waals surface area contributed by atoms with E-state index in [1.54, 1.807) is 24.0 Å². The number of nitrogens with two attached hydrogens (primary N) is 1. The molecule has 5 heteroatoms. The summed E-state index contributed by atoms with van der Waals surface area (Å²) < 4.78 is 18.5. The van der Waals surface area contributed by atoms with Crippen molar-refractivity contribution in [3.05, 3.63) is 30.1 Å². The number of halogens is 1. The van der Waals surface area contributed by atoms with Crippen molar-refractivity contribution in [2.45, 2.75) is 31.9 Å². The lowest BCUT2D eigenvalue weighted by Crippen LogP contribution is -2.49. The number of amides is 1. The zero-order valence-electron chi connectivity index (χ0n) is 11.0. The predicted molar refractivity (Wildman–Crippen MR) is 70.3 cm³/mol. The van der Waals surface area contributed by atoms with Crippen molar-refractivity contribution < 1.29 is 13.9 Å². The normalized spacial score (nSPS) is 21.0. The average molecular weight is 266 g/mol. The van der Waals surface area contributed by atoms with Gasteiger partial charge < -0.3 is 15.4 Å². The van der Waals surface area contributed by atoms with Gasteiger partial charge >= 0.3 is 0 Å². The Morgan fingerprint density at radius 2 is 2.37 bits per heavy atom. The molecule has 1 aliphatic heterocycles. The second kappa shape index (κ2) is 6.02. The molecule has 1 fully saturated rings. The van der Waals surface area contributed by atoms with Crippen LogP contribution in [0.3, 0.4) is 0 Å². The maximum atomic E-state index is 13.0. The molecule has 1 saturated heterocycles. The molecule has 1 amide bonds. The molecule has 0 aromatic heterocycles. The van der Waals surface area contributed by atoms with Crippen LogP contribution in [0, 0.1) is 5.82 Å². The van der Waals surface area contributed by atoms with Crippen molar-refractivity contribution in [2.24, 2.45) is 5.73 Å². The highest BCUT2D eigenvalue weighted by atomic mass is 19.1. The van der Waals surface area contributed by atoms with Gasteiger partial charge in [0.05, 0.1) is 0 Å². The lowest BCUT2D eigenvalue weighted by molar-refractivity contribution is -0.139. The van der Waals surface area contributed by atoms with Gasteiger partial charge in [-0.1, -0.05) is 6.07 Å². The topological polar surface area (TPSA) is 55.6 Å². The van der Waals surface area contributed by atoms with Crippen LogP contribution >= 0.6 is 0 Å². The lowest BCUT2D eigenvalue weighted by atomic mass is 10.1. The molecule has 1 heterocycles. The Morgan fingerprint density at radius 1 is 1.58 bits per heavy atom. The maximum Gasteiger partial charge on any atom is 0.263 e. The summed E-state index contributed by atoms with van der Waals surface area (Å²) in [5.41, 5.74) is 5.85. The standard InChI is InChI=1S/C14H19FN2O2/c1-10(19-13-6-2-4-11(15)8-13)14(18)17-7-3-5-12(16)9-17/h2,4,6,8,10,12H,3,5,7,9,16H2,1H3. The highest BCUT2D eigenvalue weighted by Gasteiger charge is 2.26. The van der Waals surface area contributed by atoms with Gasteiger partial charge in [-0.05, 0) is 31.9 Å². The van der Waals surface area contributed by atoms with Crippen LogP contribution in [-0.4, -0.2) is 36.0 Å². The number of likely N-dealkylation sites (tertiary alicyclic amines) is 1. The number of benzene rings is 1. The minimum Gasteiger partial charge on any atom is -0.481 e. The van der Waals surface area contributed by atoms with E-state index in [0.29, 0.717) is 18.8 Å². The summed E-state index contributed by atoms with van der Waals surface area (Å²) in [6.45, 7) is 2.95. The van der Waals surface area contributed by atoms with E-state index in [9.17, 15) is 9.18 Å². The van der Waals surface area contributed by atoms with Crippen LogP contribution in [0.4, 0.5) is 4.39 Å². The average Bonchev–Trinajstić information content (AvgIpc) is 2.38. The predicted octanol–water partition coefficient (Wildman–Crippen LogP) is 1.54. The third-order valence-corrected chi connectivity index (χ3v) is 3.23. The molecule has 0 aliphatic carbocycles. The summed E-state index contributed by atoms with van der Waals surface area (Å²) in [6.07, 6.45) is 1.23. The van der Waals surface area contributed by atoms with Gasteiger partial charge in [0, 0.05) is 25.2 Å². The summed E-state index contributed by atoms with van der Waals surface area (Å²) in [7, 11) is 0. The van der Waals surface area contributed by atoms with E-state index < -0.39 is 6.10 Å². The van der Waals surface area contributed by atoms with Crippen LogP contribution in [-0.2, 0) is 4.79 Å². The van der Waals surface area contributed by atoms with Crippen LogP contribution in [0.1, 0.15) is 19.8 Å². The smallest absolute Gasteiger partial charge is 0.263 e. The van der Waals surface area contributed by atoms with Gasteiger partial charge in [-0.25, -0.2) is 4.39 Å². The minimum absolute atomic E-state index is 0.0408. The molecule has 104 valence electrons. The van der Waals surface area contributed by atoms with E-state index in [0.717, 1.165) is 12.8 Å². The lowest BCUT2D eigenvalue weighted by Gasteiger charge is -2.32. The molecule has 0 spiro atoms. The molecule has 2 atom stereocenters. The zero-order valence-corrected chi connectivity index (χ0v) is 11.0. The van der Waals surface area contributed by atoms with Crippen molar-refractivity contribution in [1.82, 2.24) is 4.90 Å². The molecular weight excluding hydrogens is 247 g/mol. The first-order valence-electron chi connectivity index (χ1n) is 6.53. The molecular formula is C14H19FN2O2. The van der Waals surface area contributed by atoms with Crippen molar-refractivity contribution in [3.63, 3.8) is 0 Å². The summed E-state index contributed by atoms with van der Waals surface area (Å²) in [5.74, 6) is -0.112. The Balaban J connectivity index is 1.95. The van der Waals surface area contributed by atoms with E-state index in [1.807, 2.05) is 0 Å². The van der Waals surface area contributed by atoms with E-state index in [4.69, 9.17) is 10.5 Å². The minimum atomic E-state index is -0.632. The number of hydrogen-bond donors (Lipinski definition) is 1. The third-order valence-electron chi connectivity index (χ3n) is 3.23. The first-order valence-corrected chi connectivity index (χ1v) is 6.53. The van der Waals surface area contributed by atoms with Crippen molar-refractivity contribution in [2.75, 3.05) is 13.1 Å². The largest absolute Gasteiger partial charge is 0.481 e. The molecule has 2 rings (SSSR count). The molecule has 1 aromatic rings. The number of piperidine rings is 1. The van der Waals surface area contributed by atoms with Gasteiger partial charge in [-0.15, -0.1) is 0 Å². The number of hydrogen-bond acceptors (Lipinski definition) is 3. The number of rotatable bonds is 3. The van der Waals surface area contributed by atoms with Gasteiger partial charge in [0.2, 0.25) is 0 Å². The Kier molecular flexibility index (Phi) is 4.37. The van der Waals surface area contributed by atoms with Crippen LogP contribution in [0.5, 0.6) is 5.75 Å². The summed E-state index contributed by atoms with van der Waals surface area (Å²) >= 11 is 0. The Morgan fingerprint density at radius 3 is 3.05 bits per heavy atom. The summed E-state index contributed by atoms with van der Waals surface area (Å²) in [5, 5.41) is 0. The van der Waals surface area contributed by atoms with Crippen molar-refractivity contribution in [3.8, 4) is 5.75 Å². The molecule has 1 aromatic carbocycles.